The van der Waals surface area contributed by atoms with Gasteiger partial charge in [-0.2, -0.15) is 0 Å². The summed E-state index contributed by atoms with van der Waals surface area (Å²) in [6.45, 7) is 4.51. The molecule has 21 heavy (non-hydrogen) atoms. The molecular formula is C14H22N4O3. The molecule has 0 aromatic carbocycles. The maximum Gasteiger partial charge on any atom is 0.248 e. The minimum atomic E-state index is -0.140. The topological polar surface area (TPSA) is 101 Å². The van der Waals surface area contributed by atoms with E-state index in [1.165, 1.54) is 0 Å². The van der Waals surface area contributed by atoms with Gasteiger partial charge in [0, 0.05) is 31.9 Å². The van der Waals surface area contributed by atoms with Gasteiger partial charge in [0.1, 0.15) is 12.4 Å². The molecule has 0 saturated heterocycles. The van der Waals surface area contributed by atoms with Crippen molar-refractivity contribution in [2.24, 2.45) is 10.9 Å². The summed E-state index contributed by atoms with van der Waals surface area (Å²) in [4.78, 5) is 17.8. The van der Waals surface area contributed by atoms with Crippen LogP contribution in [-0.2, 0) is 16.1 Å². The number of rotatable bonds is 8. The number of carbonyl (C=O) groups is 1. The molecule has 0 fully saturated rings. The number of nitrogens with zero attached hydrogens (tertiary/aromatic N) is 3. The predicted molar refractivity (Wildman–Crippen MR) is 78.8 cm³/mol. The van der Waals surface area contributed by atoms with Crippen LogP contribution < -0.4 is 5.73 Å². The average Bonchev–Trinajstić information content (AvgIpc) is 2.49. The van der Waals surface area contributed by atoms with Gasteiger partial charge in [-0.05, 0) is 25.5 Å². The van der Waals surface area contributed by atoms with Crippen LogP contribution in [0.25, 0.3) is 0 Å². The van der Waals surface area contributed by atoms with E-state index in [0.29, 0.717) is 19.5 Å². The van der Waals surface area contributed by atoms with Gasteiger partial charge in [-0.1, -0.05) is 11.2 Å². The minimum absolute atomic E-state index is 0.00804. The Balaban J connectivity index is 2.66. The van der Waals surface area contributed by atoms with Crippen molar-refractivity contribution < 1.29 is 14.7 Å². The zero-order valence-electron chi connectivity index (χ0n) is 12.4. The Hall–Kier alpha value is -2.15. The molecule has 0 radical (unpaired) electrons. The largest absolute Gasteiger partial charge is 0.409 e. The lowest BCUT2D eigenvalue weighted by Gasteiger charge is -2.23. The van der Waals surface area contributed by atoms with Crippen LogP contribution in [0.15, 0.2) is 29.7 Å². The molecule has 1 aromatic heterocycles. The van der Waals surface area contributed by atoms with Crippen molar-refractivity contribution >= 4 is 11.7 Å². The van der Waals surface area contributed by atoms with Gasteiger partial charge in [-0.3, -0.25) is 9.78 Å². The first-order chi connectivity index (χ1) is 10.0. The van der Waals surface area contributed by atoms with E-state index in [9.17, 15) is 4.79 Å². The Morgan fingerprint density at radius 3 is 2.90 bits per heavy atom. The highest BCUT2D eigenvalue weighted by molar-refractivity contribution is 5.81. The van der Waals surface area contributed by atoms with E-state index in [-0.39, 0.29) is 24.5 Å². The van der Waals surface area contributed by atoms with Gasteiger partial charge in [0.05, 0.1) is 6.10 Å². The van der Waals surface area contributed by atoms with Crippen molar-refractivity contribution in [2.45, 2.75) is 32.9 Å². The van der Waals surface area contributed by atoms with E-state index in [1.54, 1.807) is 17.3 Å². The number of amides is 1. The van der Waals surface area contributed by atoms with Gasteiger partial charge in [0.15, 0.2) is 0 Å². The van der Waals surface area contributed by atoms with Gasteiger partial charge < -0.3 is 20.6 Å². The molecule has 0 aliphatic heterocycles. The van der Waals surface area contributed by atoms with E-state index >= 15 is 0 Å². The zero-order chi connectivity index (χ0) is 15.7. The number of hydrogen-bond donors (Lipinski definition) is 2. The molecule has 0 saturated carbocycles. The number of aromatic nitrogens is 1. The van der Waals surface area contributed by atoms with E-state index in [4.69, 9.17) is 15.7 Å². The minimum Gasteiger partial charge on any atom is -0.409 e. The molecule has 7 nitrogen and oxygen atoms in total. The van der Waals surface area contributed by atoms with Crippen molar-refractivity contribution in [1.82, 2.24) is 9.88 Å². The first kappa shape index (κ1) is 16.9. The molecule has 116 valence electrons. The number of pyridine rings is 1. The van der Waals surface area contributed by atoms with Crippen LogP contribution in [0.1, 0.15) is 25.8 Å². The summed E-state index contributed by atoms with van der Waals surface area (Å²) in [6.07, 6.45) is 3.66. The molecule has 7 heteroatoms. The van der Waals surface area contributed by atoms with Crippen LogP contribution >= 0.6 is 0 Å². The summed E-state index contributed by atoms with van der Waals surface area (Å²) in [5.74, 6) is -0.0537. The number of ether oxygens (including phenoxy) is 1. The normalized spacial score (nSPS) is 11.7. The number of hydrogen-bond acceptors (Lipinski definition) is 5. The van der Waals surface area contributed by atoms with Crippen molar-refractivity contribution in [1.29, 1.82) is 0 Å². The molecular weight excluding hydrogens is 272 g/mol. The van der Waals surface area contributed by atoms with E-state index in [2.05, 4.69) is 10.1 Å². The van der Waals surface area contributed by atoms with Crippen LogP contribution in [0.5, 0.6) is 0 Å². The van der Waals surface area contributed by atoms with Crippen molar-refractivity contribution in [3.05, 3.63) is 30.1 Å². The average molecular weight is 294 g/mol. The molecule has 0 spiro atoms. The number of amidine groups is 1. The fourth-order valence-corrected chi connectivity index (χ4v) is 1.63. The monoisotopic (exact) mass is 294 g/mol. The molecule has 0 bridgehead atoms. The Morgan fingerprint density at radius 2 is 2.33 bits per heavy atom. The van der Waals surface area contributed by atoms with Crippen LogP contribution in [0.3, 0.4) is 0 Å². The van der Waals surface area contributed by atoms with Crippen molar-refractivity contribution in [2.75, 3.05) is 13.2 Å². The van der Waals surface area contributed by atoms with Crippen LogP contribution in [0.2, 0.25) is 0 Å². The quantitative estimate of drug-likeness (QED) is 0.322. The maximum atomic E-state index is 12.2. The van der Waals surface area contributed by atoms with Crippen molar-refractivity contribution in [3.8, 4) is 0 Å². The molecule has 1 rings (SSSR count). The van der Waals surface area contributed by atoms with Gasteiger partial charge in [0.2, 0.25) is 5.91 Å². The van der Waals surface area contributed by atoms with Gasteiger partial charge in [0.25, 0.3) is 0 Å². The van der Waals surface area contributed by atoms with Gasteiger partial charge in [-0.15, -0.1) is 0 Å². The lowest BCUT2D eigenvalue weighted by molar-refractivity contribution is -0.138. The molecule has 0 aliphatic carbocycles. The van der Waals surface area contributed by atoms with E-state index in [0.717, 1.165) is 5.56 Å². The molecule has 1 heterocycles. The maximum absolute atomic E-state index is 12.2. The van der Waals surface area contributed by atoms with Gasteiger partial charge >= 0.3 is 0 Å². The zero-order valence-corrected chi connectivity index (χ0v) is 12.4. The lowest BCUT2D eigenvalue weighted by atomic mass is 10.2. The standard InChI is InChI=1S/C14H22N4O3/c1-11(2)21-10-14(19)18(7-5-13(15)17-20)9-12-4-3-6-16-8-12/h3-4,6,8,11,20H,5,7,9-10H2,1-2H3,(H2,15,17). The second kappa shape index (κ2) is 8.91. The Bertz CT molecular complexity index is 463. The highest BCUT2D eigenvalue weighted by Gasteiger charge is 2.15. The first-order valence-electron chi connectivity index (χ1n) is 6.77. The lowest BCUT2D eigenvalue weighted by Crippen LogP contribution is -2.36. The number of nitrogens with two attached hydrogens (primary N) is 1. The molecule has 1 amide bonds. The molecule has 1 aromatic rings. The fraction of sp³-hybridized carbons (Fsp3) is 0.500. The summed E-state index contributed by atoms with van der Waals surface area (Å²) in [7, 11) is 0. The summed E-state index contributed by atoms with van der Waals surface area (Å²) in [5, 5.41) is 11.5. The highest BCUT2D eigenvalue weighted by Crippen LogP contribution is 2.05. The summed E-state index contributed by atoms with van der Waals surface area (Å²) < 4.78 is 5.34. The van der Waals surface area contributed by atoms with E-state index in [1.807, 2.05) is 26.0 Å². The SMILES string of the molecule is CC(C)OCC(=O)N(CC/C(N)=N/O)Cc1cccnc1. The third kappa shape index (κ3) is 6.71. The van der Waals surface area contributed by atoms with Crippen LogP contribution in [0, 0.1) is 0 Å². The Morgan fingerprint density at radius 1 is 1.57 bits per heavy atom. The van der Waals surface area contributed by atoms with Gasteiger partial charge in [-0.25, -0.2) is 0 Å². The second-order valence-corrected chi connectivity index (χ2v) is 4.88. The van der Waals surface area contributed by atoms with Crippen LogP contribution in [0.4, 0.5) is 0 Å². The molecule has 0 aliphatic rings. The molecule has 0 atom stereocenters. The summed E-state index contributed by atoms with van der Waals surface area (Å²) in [5.41, 5.74) is 6.37. The summed E-state index contributed by atoms with van der Waals surface area (Å²) in [6, 6.07) is 3.70. The predicted octanol–water partition coefficient (Wildman–Crippen LogP) is 0.972. The number of carbonyl (C=O) groups excluding carboxylic acids is 1. The fourth-order valence-electron chi connectivity index (χ4n) is 1.63. The van der Waals surface area contributed by atoms with Crippen molar-refractivity contribution in [3.63, 3.8) is 0 Å². The third-order valence-corrected chi connectivity index (χ3v) is 2.76. The molecule has 0 unspecified atom stereocenters. The summed E-state index contributed by atoms with van der Waals surface area (Å²) >= 11 is 0. The van der Waals surface area contributed by atoms with Crippen LogP contribution in [-0.4, -0.2) is 46.1 Å². The van der Waals surface area contributed by atoms with E-state index < -0.39 is 0 Å². The second-order valence-electron chi connectivity index (χ2n) is 4.88. The number of oxime groups is 1. The Labute approximate surface area is 124 Å². The smallest absolute Gasteiger partial charge is 0.248 e. The molecule has 3 N–H and O–H groups in total. The first-order valence-corrected chi connectivity index (χ1v) is 6.77. The third-order valence-electron chi connectivity index (χ3n) is 2.76. The highest BCUT2D eigenvalue weighted by atomic mass is 16.5. The Kier molecular flexibility index (Phi) is 7.17.